The molecule has 3 aromatic heterocycles. The second-order valence-electron chi connectivity index (χ2n) is 9.71. The summed E-state index contributed by atoms with van der Waals surface area (Å²) in [5.41, 5.74) is 5.90. The van der Waals surface area contributed by atoms with Crippen LogP contribution in [0, 0.1) is 18.3 Å². The van der Waals surface area contributed by atoms with E-state index in [4.69, 9.17) is 10.2 Å². The molecule has 3 atom stereocenters. The molecular weight excluding hydrogens is 520 g/mol. The van der Waals surface area contributed by atoms with E-state index in [1.807, 2.05) is 13.0 Å². The van der Waals surface area contributed by atoms with Crippen molar-refractivity contribution in [1.82, 2.24) is 29.0 Å². The van der Waals surface area contributed by atoms with E-state index >= 15 is 0 Å². The van der Waals surface area contributed by atoms with Crippen LogP contribution in [-0.2, 0) is 13.5 Å². The molecule has 186 valence electrons. The van der Waals surface area contributed by atoms with Gasteiger partial charge in [0.05, 0.1) is 41.1 Å². The maximum atomic E-state index is 13.0. The van der Waals surface area contributed by atoms with Crippen molar-refractivity contribution in [2.45, 2.75) is 52.2 Å². The van der Waals surface area contributed by atoms with Gasteiger partial charge in [0.1, 0.15) is 10.2 Å². The summed E-state index contributed by atoms with van der Waals surface area (Å²) in [7, 11) is 1.71. The van der Waals surface area contributed by atoms with E-state index in [1.165, 1.54) is 10.2 Å². The molecule has 1 unspecified atom stereocenters. The maximum absolute atomic E-state index is 13.0. The number of anilines is 1. The summed E-state index contributed by atoms with van der Waals surface area (Å²) in [4.78, 5) is 31.7. The van der Waals surface area contributed by atoms with Crippen LogP contribution in [0.5, 0.6) is 0 Å². The lowest BCUT2D eigenvalue weighted by atomic mass is 10.00. The normalized spacial score (nSPS) is 19.6. The summed E-state index contributed by atoms with van der Waals surface area (Å²) in [6, 6.07) is 9.03. The van der Waals surface area contributed by atoms with Crippen molar-refractivity contribution in [3.05, 3.63) is 62.4 Å². The van der Waals surface area contributed by atoms with Crippen LogP contribution in [0.3, 0.4) is 0 Å². The van der Waals surface area contributed by atoms with Gasteiger partial charge in [0.25, 0.3) is 5.56 Å². The van der Waals surface area contributed by atoms with Crippen LogP contribution in [0.25, 0.3) is 16.7 Å². The smallest absolute Gasteiger partial charge is 0.281 e. The number of aryl methyl sites for hydroxylation is 2. The Kier molecular flexibility index (Phi) is 6.30. The van der Waals surface area contributed by atoms with Gasteiger partial charge in [-0.05, 0) is 61.3 Å². The van der Waals surface area contributed by atoms with Crippen molar-refractivity contribution in [1.29, 1.82) is 5.26 Å². The summed E-state index contributed by atoms with van der Waals surface area (Å²) >= 11 is 3.57. The summed E-state index contributed by atoms with van der Waals surface area (Å²) in [6.07, 6.45) is 3.76. The minimum atomic E-state index is -0.137. The zero-order chi connectivity index (χ0) is 25.7. The molecule has 9 nitrogen and oxygen atoms in total. The Labute approximate surface area is 218 Å². The Morgan fingerprint density at radius 1 is 1.19 bits per heavy atom. The second-order valence-corrected chi connectivity index (χ2v) is 10.5. The zero-order valence-corrected chi connectivity index (χ0v) is 22.7. The Morgan fingerprint density at radius 3 is 2.72 bits per heavy atom. The molecule has 10 heteroatoms. The van der Waals surface area contributed by atoms with Crippen LogP contribution in [0.15, 0.2) is 39.9 Å². The largest absolute Gasteiger partial charge is 0.362 e. The highest BCUT2D eigenvalue weighted by molar-refractivity contribution is 9.10. The van der Waals surface area contributed by atoms with Crippen molar-refractivity contribution < 1.29 is 0 Å². The average Bonchev–Trinajstić information content (AvgIpc) is 3.27. The third kappa shape index (κ3) is 4.06. The number of halogens is 1. The minimum absolute atomic E-state index is 0.134. The topological polar surface area (TPSA) is 95.3 Å². The Balaban J connectivity index is 1.48. The van der Waals surface area contributed by atoms with Gasteiger partial charge in [0.2, 0.25) is 0 Å². The van der Waals surface area contributed by atoms with Gasteiger partial charge in [-0.2, -0.15) is 5.26 Å². The third-order valence-corrected chi connectivity index (χ3v) is 7.93. The quantitative estimate of drug-likeness (QED) is 0.383. The van der Waals surface area contributed by atoms with Gasteiger partial charge >= 0.3 is 0 Å². The molecule has 5 rings (SSSR count). The SMILES string of the molecule is Cc1cnc2ccc(C(C)N3C[C@H](C)N(c4c(Br)c(=O)n(C)n5cc(CC#N)nc45)C[C@H]3C)cc2n1. The first kappa shape index (κ1) is 24.4. The zero-order valence-electron chi connectivity index (χ0n) is 21.1. The fourth-order valence-corrected chi connectivity index (χ4v) is 5.91. The first-order valence-electron chi connectivity index (χ1n) is 12.1. The first-order valence-corrected chi connectivity index (χ1v) is 12.9. The van der Waals surface area contributed by atoms with Crippen molar-refractivity contribution in [2.75, 3.05) is 18.0 Å². The van der Waals surface area contributed by atoms with Gasteiger partial charge in [0, 0.05) is 44.5 Å². The molecule has 0 saturated carbocycles. The highest BCUT2D eigenvalue weighted by Crippen LogP contribution is 2.35. The van der Waals surface area contributed by atoms with E-state index in [9.17, 15) is 4.79 Å². The summed E-state index contributed by atoms with van der Waals surface area (Å²) < 4.78 is 3.77. The van der Waals surface area contributed by atoms with Crippen molar-refractivity contribution in [3.8, 4) is 6.07 Å². The number of benzene rings is 1. The van der Waals surface area contributed by atoms with Gasteiger partial charge in [-0.3, -0.25) is 14.7 Å². The van der Waals surface area contributed by atoms with Crippen molar-refractivity contribution >= 4 is 38.3 Å². The number of rotatable bonds is 4. The molecule has 0 spiro atoms. The molecular formula is C26H29BrN8O. The number of nitriles is 1. The van der Waals surface area contributed by atoms with E-state index in [1.54, 1.807) is 24.0 Å². The lowest BCUT2D eigenvalue weighted by Crippen LogP contribution is -2.57. The van der Waals surface area contributed by atoms with Crippen LogP contribution in [-0.4, -0.2) is 54.2 Å². The van der Waals surface area contributed by atoms with Crippen molar-refractivity contribution in [2.24, 2.45) is 7.05 Å². The molecule has 4 aromatic rings. The molecule has 0 N–H and O–H groups in total. The number of hydrogen-bond donors (Lipinski definition) is 0. The Bertz CT molecular complexity index is 1570. The van der Waals surface area contributed by atoms with E-state index < -0.39 is 0 Å². The summed E-state index contributed by atoms with van der Waals surface area (Å²) in [5.74, 6) is 0. The molecule has 0 radical (unpaired) electrons. The van der Waals surface area contributed by atoms with E-state index in [-0.39, 0.29) is 30.1 Å². The van der Waals surface area contributed by atoms with Gasteiger partial charge in [0.15, 0.2) is 5.65 Å². The Morgan fingerprint density at radius 2 is 1.97 bits per heavy atom. The molecule has 0 bridgehead atoms. The Hall–Kier alpha value is -3.29. The lowest BCUT2D eigenvalue weighted by molar-refractivity contribution is 0.119. The van der Waals surface area contributed by atoms with E-state index in [2.05, 4.69) is 74.7 Å². The molecule has 4 heterocycles. The van der Waals surface area contributed by atoms with Gasteiger partial charge in [-0.15, -0.1) is 0 Å². The van der Waals surface area contributed by atoms with Crippen LogP contribution >= 0.6 is 15.9 Å². The number of piperazine rings is 1. The number of aromatic nitrogens is 5. The first-order chi connectivity index (χ1) is 17.2. The number of imidazole rings is 1. The predicted octanol–water partition coefficient (Wildman–Crippen LogP) is 3.77. The standard InChI is InChI=1S/C26H29BrN8O/c1-15-11-29-21-7-6-19(10-22(21)30-15)18(4)33-12-17(3)34(13-16(33)2)24-23(27)26(36)32(5)35-14-20(8-9-28)31-25(24)35/h6-7,10-11,14,16-18H,8,12-13H2,1-5H3/t16-,17+,18?/m1/s1. The van der Waals surface area contributed by atoms with Gasteiger partial charge in [-0.1, -0.05) is 6.07 Å². The van der Waals surface area contributed by atoms with Crippen LogP contribution < -0.4 is 10.5 Å². The summed E-state index contributed by atoms with van der Waals surface area (Å²) in [6.45, 7) is 10.2. The predicted molar refractivity (Wildman–Crippen MR) is 143 cm³/mol. The molecule has 1 aliphatic rings. The van der Waals surface area contributed by atoms with Crippen molar-refractivity contribution in [3.63, 3.8) is 0 Å². The highest BCUT2D eigenvalue weighted by Gasteiger charge is 2.35. The molecule has 0 amide bonds. The molecule has 1 aliphatic heterocycles. The maximum Gasteiger partial charge on any atom is 0.281 e. The molecule has 1 fully saturated rings. The average molecular weight is 549 g/mol. The number of fused-ring (bicyclic) bond motifs is 2. The highest BCUT2D eigenvalue weighted by atomic mass is 79.9. The second kappa shape index (κ2) is 9.30. The third-order valence-electron chi connectivity index (χ3n) is 7.21. The number of hydrogen-bond acceptors (Lipinski definition) is 7. The van der Waals surface area contributed by atoms with Gasteiger partial charge < -0.3 is 4.90 Å². The number of nitrogens with zero attached hydrogens (tertiary/aromatic N) is 8. The monoisotopic (exact) mass is 548 g/mol. The summed E-state index contributed by atoms with van der Waals surface area (Å²) in [5, 5.41) is 9.16. The molecule has 0 aliphatic carbocycles. The minimum Gasteiger partial charge on any atom is -0.362 e. The fraction of sp³-hybridized carbons (Fsp3) is 0.423. The lowest BCUT2D eigenvalue weighted by Gasteiger charge is -2.47. The van der Waals surface area contributed by atoms with E-state index in [0.717, 1.165) is 35.5 Å². The van der Waals surface area contributed by atoms with Gasteiger partial charge in [-0.25, -0.2) is 19.2 Å². The van der Waals surface area contributed by atoms with Crippen LogP contribution in [0.1, 0.15) is 43.8 Å². The molecule has 1 aromatic carbocycles. The van der Waals surface area contributed by atoms with Crippen LogP contribution in [0.4, 0.5) is 5.69 Å². The fourth-order valence-electron chi connectivity index (χ4n) is 5.25. The molecule has 36 heavy (non-hydrogen) atoms. The van der Waals surface area contributed by atoms with E-state index in [0.29, 0.717) is 15.8 Å². The molecule has 1 saturated heterocycles. The van der Waals surface area contributed by atoms with Crippen LogP contribution in [0.2, 0.25) is 0 Å².